The van der Waals surface area contributed by atoms with Crippen molar-refractivity contribution in [3.63, 3.8) is 0 Å². The molecule has 234 valence electrons. The first-order valence-corrected chi connectivity index (χ1v) is 16.6. The zero-order valence-electron chi connectivity index (χ0n) is 27.0. The summed E-state index contributed by atoms with van der Waals surface area (Å²) < 4.78 is 6.47. The molecule has 1 N–H and O–H groups in total. The maximum atomic E-state index is 14.1. The summed E-state index contributed by atoms with van der Waals surface area (Å²) in [7, 11) is 0. The zero-order valence-corrected chi connectivity index (χ0v) is 27.0. The Morgan fingerprint density at radius 1 is 1.02 bits per heavy atom. The molecule has 3 aliphatic heterocycles. The van der Waals surface area contributed by atoms with Crippen LogP contribution in [0.15, 0.2) is 59.2 Å². The molecule has 6 heteroatoms. The number of aryl methyl sites for hydroxylation is 2. The second kappa shape index (κ2) is 12.6. The highest BCUT2D eigenvalue weighted by molar-refractivity contribution is 6.06. The van der Waals surface area contributed by atoms with E-state index in [1.54, 1.807) is 4.90 Å². The summed E-state index contributed by atoms with van der Waals surface area (Å²) in [6, 6.07) is 14.6. The van der Waals surface area contributed by atoms with E-state index in [2.05, 4.69) is 56.0 Å². The quantitative estimate of drug-likeness (QED) is 0.267. The Morgan fingerprint density at radius 3 is 2.36 bits per heavy atom. The molecule has 4 atom stereocenters. The number of imide groups is 1. The number of allylic oxidation sites excluding steroid dienone is 2. The molecule has 6 nitrogen and oxygen atoms in total. The number of ether oxygens (including phenoxy) is 1. The van der Waals surface area contributed by atoms with Gasteiger partial charge in [-0.25, -0.2) is 0 Å². The molecular formula is C38H48N2O4. The Balaban J connectivity index is 1.14. The van der Waals surface area contributed by atoms with Crippen molar-refractivity contribution in [2.45, 2.75) is 85.4 Å². The molecular weight excluding hydrogens is 548 g/mol. The maximum Gasteiger partial charge on any atom is 0.234 e. The third kappa shape index (κ3) is 5.91. The van der Waals surface area contributed by atoms with E-state index in [1.807, 2.05) is 32.0 Å². The van der Waals surface area contributed by atoms with E-state index in [9.17, 15) is 14.7 Å². The Kier molecular flexibility index (Phi) is 8.85. The minimum absolute atomic E-state index is 0.00227. The molecule has 3 heterocycles. The largest absolute Gasteiger partial charge is 0.507 e. The van der Waals surface area contributed by atoms with Crippen molar-refractivity contribution < 1.29 is 19.4 Å². The number of aromatic hydroxyl groups is 1. The van der Waals surface area contributed by atoms with Gasteiger partial charge in [0.2, 0.25) is 11.8 Å². The van der Waals surface area contributed by atoms with Gasteiger partial charge in [0, 0.05) is 31.6 Å². The van der Waals surface area contributed by atoms with E-state index in [0.29, 0.717) is 24.7 Å². The number of hydrogen-bond donors (Lipinski definition) is 1. The van der Waals surface area contributed by atoms with Crippen LogP contribution in [-0.4, -0.2) is 58.6 Å². The van der Waals surface area contributed by atoms with E-state index in [0.717, 1.165) is 62.0 Å². The molecule has 2 aromatic carbocycles. The van der Waals surface area contributed by atoms with Crippen molar-refractivity contribution in [1.29, 1.82) is 0 Å². The Labute approximate surface area is 262 Å². The number of piperidine rings is 1. The fourth-order valence-corrected chi connectivity index (χ4v) is 8.31. The van der Waals surface area contributed by atoms with E-state index in [4.69, 9.17) is 4.74 Å². The van der Waals surface area contributed by atoms with Gasteiger partial charge in [-0.2, -0.15) is 0 Å². The highest BCUT2D eigenvalue weighted by Gasteiger charge is 2.58. The van der Waals surface area contributed by atoms with Crippen LogP contribution in [0.4, 0.5) is 0 Å². The Hall–Kier alpha value is -3.22. The second-order valence-electron chi connectivity index (χ2n) is 14.0. The van der Waals surface area contributed by atoms with E-state index < -0.39 is 0 Å². The van der Waals surface area contributed by atoms with Crippen molar-refractivity contribution in [2.24, 2.45) is 23.7 Å². The molecule has 4 aliphatic rings. The van der Waals surface area contributed by atoms with Crippen molar-refractivity contribution >= 4 is 17.9 Å². The molecule has 0 unspecified atom stereocenters. The summed E-state index contributed by atoms with van der Waals surface area (Å²) >= 11 is 0. The van der Waals surface area contributed by atoms with Crippen LogP contribution in [0, 0.1) is 37.5 Å². The molecule has 0 radical (unpaired) electrons. The van der Waals surface area contributed by atoms with Crippen molar-refractivity contribution in [2.75, 3.05) is 19.7 Å². The van der Waals surface area contributed by atoms with Gasteiger partial charge in [0.15, 0.2) is 0 Å². The third-order valence-corrected chi connectivity index (χ3v) is 10.6. The summed E-state index contributed by atoms with van der Waals surface area (Å²) in [6.07, 6.45) is 6.31. The summed E-state index contributed by atoms with van der Waals surface area (Å²) in [5.74, 6) is 0.248. The molecule has 2 aromatic rings. The predicted molar refractivity (Wildman–Crippen MR) is 174 cm³/mol. The number of carbonyl (C=O) groups is 2. The molecule has 6 rings (SSSR count). The number of nitrogens with zero attached hydrogens (tertiary/aromatic N) is 2. The number of hydrogen-bond acceptors (Lipinski definition) is 5. The maximum absolute atomic E-state index is 14.1. The molecule has 1 aliphatic carbocycles. The van der Waals surface area contributed by atoms with Gasteiger partial charge >= 0.3 is 0 Å². The van der Waals surface area contributed by atoms with Gasteiger partial charge in [-0.1, -0.05) is 61.4 Å². The van der Waals surface area contributed by atoms with Gasteiger partial charge in [-0.3, -0.25) is 19.4 Å². The average molecular weight is 597 g/mol. The van der Waals surface area contributed by atoms with Crippen LogP contribution in [0.2, 0.25) is 0 Å². The lowest BCUT2D eigenvalue weighted by atomic mass is 9.67. The van der Waals surface area contributed by atoms with E-state index in [-0.39, 0.29) is 41.7 Å². The Bertz CT molecular complexity index is 1440. The highest BCUT2D eigenvalue weighted by atomic mass is 16.5. The lowest BCUT2D eigenvalue weighted by Gasteiger charge is -2.36. The van der Waals surface area contributed by atoms with Gasteiger partial charge in [0.1, 0.15) is 5.75 Å². The van der Waals surface area contributed by atoms with Crippen LogP contribution in [0.1, 0.15) is 75.1 Å². The number of benzene rings is 2. The second-order valence-corrected chi connectivity index (χ2v) is 14.0. The minimum Gasteiger partial charge on any atom is -0.507 e. The zero-order chi connectivity index (χ0) is 31.1. The smallest absolute Gasteiger partial charge is 0.234 e. The fraction of sp³-hybridized carbons (Fsp3) is 0.526. The van der Waals surface area contributed by atoms with Gasteiger partial charge in [-0.15, -0.1) is 0 Å². The normalized spacial score (nSPS) is 26.6. The van der Waals surface area contributed by atoms with Crippen LogP contribution in [-0.2, 0) is 20.9 Å². The molecule has 2 amide bonds. The number of likely N-dealkylation sites (tertiary alicyclic amines) is 2. The van der Waals surface area contributed by atoms with E-state index >= 15 is 0 Å². The summed E-state index contributed by atoms with van der Waals surface area (Å²) in [5.41, 5.74) is 8.09. The summed E-state index contributed by atoms with van der Waals surface area (Å²) in [6.45, 7) is 13.7. The van der Waals surface area contributed by atoms with Gasteiger partial charge in [0.05, 0.1) is 24.5 Å². The summed E-state index contributed by atoms with van der Waals surface area (Å²) in [4.78, 5) is 32.1. The molecule has 0 spiro atoms. The number of amides is 2. The molecule has 3 saturated heterocycles. The standard InChI is InChI=1S/C38H48N2O4/c1-23(2)30-20-31-35(38(43)40(37(31)42)29-13-15-39(16-14-29)21-27-9-7-6-8-10-27)32-22-44-33(34(30)32)12-11-24(3)17-28-18-25(4)36(41)26(5)19-28/h6-10,17-19,23,29,31-33,35,41H,11-16,20-22H2,1-5H3/b24-17+/t31-,32+,33-,35-/m1/s1. The van der Waals surface area contributed by atoms with Crippen molar-refractivity contribution in [1.82, 2.24) is 9.80 Å². The van der Waals surface area contributed by atoms with Crippen molar-refractivity contribution in [3.8, 4) is 5.75 Å². The topological polar surface area (TPSA) is 70.1 Å². The number of rotatable bonds is 8. The van der Waals surface area contributed by atoms with Crippen LogP contribution in [0.5, 0.6) is 5.75 Å². The number of carbonyl (C=O) groups excluding carboxylic acids is 2. The first-order valence-electron chi connectivity index (χ1n) is 16.6. The lowest BCUT2D eigenvalue weighted by molar-refractivity contribution is -0.144. The fourth-order valence-electron chi connectivity index (χ4n) is 8.31. The van der Waals surface area contributed by atoms with Crippen LogP contribution >= 0.6 is 0 Å². The highest BCUT2D eigenvalue weighted by Crippen LogP contribution is 2.52. The first kappa shape index (κ1) is 30.8. The minimum atomic E-state index is -0.285. The van der Waals surface area contributed by atoms with Crippen LogP contribution < -0.4 is 0 Å². The number of phenolic OH excluding ortho intramolecular Hbond substituents is 1. The van der Waals surface area contributed by atoms with Crippen molar-refractivity contribution in [3.05, 3.63) is 81.4 Å². The lowest BCUT2D eigenvalue weighted by Crippen LogP contribution is -2.47. The summed E-state index contributed by atoms with van der Waals surface area (Å²) in [5, 5.41) is 10.1. The van der Waals surface area contributed by atoms with E-state index in [1.165, 1.54) is 22.3 Å². The van der Waals surface area contributed by atoms with Crippen LogP contribution in [0.25, 0.3) is 6.08 Å². The monoisotopic (exact) mass is 596 g/mol. The number of fused-ring (bicyclic) bond motifs is 3. The molecule has 44 heavy (non-hydrogen) atoms. The van der Waals surface area contributed by atoms with Crippen LogP contribution in [0.3, 0.4) is 0 Å². The molecule has 3 fully saturated rings. The predicted octanol–water partition coefficient (Wildman–Crippen LogP) is 6.83. The van der Waals surface area contributed by atoms with Gasteiger partial charge in [0.25, 0.3) is 0 Å². The molecule has 0 saturated carbocycles. The van der Waals surface area contributed by atoms with Gasteiger partial charge < -0.3 is 9.84 Å². The average Bonchev–Trinajstić information content (AvgIpc) is 3.53. The first-order chi connectivity index (χ1) is 21.1. The SMILES string of the molecule is C/C(=C\c1cc(C)c(O)c(C)c1)CC[C@H]1OC[C@H]2C1=C(C(C)C)C[C@H]1C(=O)N(C3CCN(Cc4ccccc4)CC3)C(=O)[C@H]12. The number of phenols is 1. The Morgan fingerprint density at radius 2 is 1.70 bits per heavy atom. The van der Waals surface area contributed by atoms with Gasteiger partial charge in [-0.05, 0) is 98.8 Å². The molecule has 0 bridgehead atoms. The molecule has 0 aromatic heterocycles. The third-order valence-electron chi connectivity index (χ3n) is 10.6.